The number of benzene rings is 2. The number of para-hydroxylation sites is 2. The average molecular weight is 402 g/mol. The van der Waals surface area contributed by atoms with Crippen LogP contribution in [-0.2, 0) is 13.1 Å². The third-order valence-electron chi connectivity index (χ3n) is 5.36. The Hall–Kier alpha value is -3.68. The molecule has 152 valence electrons. The molecule has 5 aromatic rings. The summed E-state index contributed by atoms with van der Waals surface area (Å²) in [6, 6.07) is 13.7. The van der Waals surface area contributed by atoms with E-state index < -0.39 is 0 Å². The highest BCUT2D eigenvalue weighted by Gasteiger charge is 2.16. The van der Waals surface area contributed by atoms with Gasteiger partial charge in [-0.1, -0.05) is 31.1 Å². The van der Waals surface area contributed by atoms with E-state index in [1.54, 1.807) is 4.57 Å². The number of rotatable bonds is 6. The molecule has 0 unspecified atom stereocenters. The van der Waals surface area contributed by atoms with Crippen molar-refractivity contribution in [3.63, 3.8) is 0 Å². The van der Waals surface area contributed by atoms with Crippen LogP contribution in [0.2, 0.25) is 0 Å². The molecule has 0 spiro atoms. The minimum atomic E-state index is -0.133. The Morgan fingerprint density at radius 3 is 2.77 bits per heavy atom. The van der Waals surface area contributed by atoms with Gasteiger partial charge in [-0.3, -0.25) is 4.57 Å². The summed E-state index contributed by atoms with van der Waals surface area (Å²) in [5.41, 5.74) is 4.30. The van der Waals surface area contributed by atoms with Gasteiger partial charge in [0.15, 0.2) is 0 Å². The van der Waals surface area contributed by atoms with Gasteiger partial charge in [0, 0.05) is 12.1 Å². The fourth-order valence-electron chi connectivity index (χ4n) is 3.78. The van der Waals surface area contributed by atoms with E-state index in [1.807, 2.05) is 42.5 Å². The van der Waals surface area contributed by atoms with Gasteiger partial charge in [0.25, 0.3) is 0 Å². The molecule has 0 aliphatic heterocycles. The summed E-state index contributed by atoms with van der Waals surface area (Å²) in [7, 11) is 0. The summed E-state index contributed by atoms with van der Waals surface area (Å²) in [5.74, 6) is 1.94. The molecule has 3 heterocycles. The molecule has 8 heteroatoms. The zero-order chi connectivity index (χ0) is 20.7. The smallest absolute Gasteiger partial charge is 0.326 e. The summed E-state index contributed by atoms with van der Waals surface area (Å²) in [5, 5.41) is 3.92. The molecule has 30 heavy (non-hydrogen) atoms. The largest absolute Gasteiger partial charge is 0.342 e. The Bertz CT molecular complexity index is 1370. The van der Waals surface area contributed by atoms with Gasteiger partial charge in [-0.25, -0.2) is 9.78 Å². The van der Waals surface area contributed by atoms with Crippen LogP contribution in [-0.4, -0.2) is 29.2 Å². The van der Waals surface area contributed by atoms with E-state index in [2.05, 4.69) is 33.5 Å². The first-order valence-corrected chi connectivity index (χ1v) is 10.0. The van der Waals surface area contributed by atoms with Gasteiger partial charge < -0.3 is 14.1 Å². The maximum absolute atomic E-state index is 12.6. The number of aryl methyl sites for hydroxylation is 1. The van der Waals surface area contributed by atoms with Crippen molar-refractivity contribution in [2.75, 3.05) is 0 Å². The molecule has 3 aromatic heterocycles. The third-order valence-corrected chi connectivity index (χ3v) is 5.36. The standard InChI is InChI=1S/C22H22N6O2/c1-14(2)9-10-27-19-8-7-15(21-23-13-30-26-21)11-17(19)24-20(27)12-28-18-6-4-3-5-16(18)25-22(28)29/h3-8,11,13-14H,9-10,12H2,1-2H3,(H,25,29). The van der Waals surface area contributed by atoms with E-state index in [0.29, 0.717) is 18.3 Å². The van der Waals surface area contributed by atoms with E-state index in [4.69, 9.17) is 9.51 Å². The minimum Gasteiger partial charge on any atom is -0.342 e. The van der Waals surface area contributed by atoms with E-state index in [0.717, 1.165) is 46.4 Å². The van der Waals surface area contributed by atoms with Gasteiger partial charge in [0.1, 0.15) is 5.82 Å². The van der Waals surface area contributed by atoms with Crippen LogP contribution >= 0.6 is 0 Å². The topological polar surface area (TPSA) is 94.5 Å². The van der Waals surface area contributed by atoms with Crippen molar-refractivity contribution in [2.45, 2.75) is 33.4 Å². The lowest BCUT2D eigenvalue weighted by molar-refractivity contribution is 0.419. The lowest BCUT2D eigenvalue weighted by Gasteiger charge is -2.11. The second-order valence-electron chi connectivity index (χ2n) is 7.85. The van der Waals surface area contributed by atoms with E-state index in [-0.39, 0.29) is 5.69 Å². The zero-order valence-corrected chi connectivity index (χ0v) is 16.9. The molecule has 0 atom stereocenters. The zero-order valence-electron chi connectivity index (χ0n) is 16.9. The molecular formula is C22H22N6O2. The van der Waals surface area contributed by atoms with Crippen molar-refractivity contribution in [3.8, 4) is 11.4 Å². The molecule has 0 aliphatic rings. The molecule has 5 rings (SSSR count). The predicted molar refractivity (Wildman–Crippen MR) is 114 cm³/mol. The highest BCUT2D eigenvalue weighted by molar-refractivity contribution is 5.81. The van der Waals surface area contributed by atoms with Crippen LogP contribution in [0.5, 0.6) is 0 Å². The molecule has 0 radical (unpaired) electrons. The Kier molecular flexibility index (Phi) is 4.46. The minimum absolute atomic E-state index is 0.133. The van der Waals surface area contributed by atoms with Crippen molar-refractivity contribution < 1.29 is 4.52 Å². The van der Waals surface area contributed by atoms with Crippen molar-refractivity contribution in [2.24, 2.45) is 5.92 Å². The maximum atomic E-state index is 12.6. The normalized spacial score (nSPS) is 11.8. The molecule has 1 N–H and O–H groups in total. The molecule has 2 aromatic carbocycles. The van der Waals surface area contributed by atoms with Crippen LogP contribution in [0, 0.1) is 5.92 Å². The fraction of sp³-hybridized carbons (Fsp3) is 0.273. The van der Waals surface area contributed by atoms with Crippen LogP contribution in [0.25, 0.3) is 33.5 Å². The monoisotopic (exact) mass is 402 g/mol. The highest BCUT2D eigenvalue weighted by atomic mass is 16.5. The van der Waals surface area contributed by atoms with E-state index >= 15 is 0 Å². The van der Waals surface area contributed by atoms with E-state index in [1.165, 1.54) is 6.39 Å². The number of aromatic amines is 1. The van der Waals surface area contributed by atoms with Crippen LogP contribution in [0.1, 0.15) is 26.1 Å². The van der Waals surface area contributed by atoms with Gasteiger partial charge in [0.05, 0.1) is 28.6 Å². The van der Waals surface area contributed by atoms with Gasteiger partial charge >= 0.3 is 5.69 Å². The number of hydrogen-bond acceptors (Lipinski definition) is 5. The van der Waals surface area contributed by atoms with Crippen LogP contribution < -0.4 is 5.69 Å². The fourth-order valence-corrected chi connectivity index (χ4v) is 3.78. The summed E-state index contributed by atoms with van der Waals surface area (Å²) < 4.78 is 8.82. The molecule has 0 bridgehead atoms. The number of nitrogens with one attached hydrogen (secondary N) is 1. The SMILES string of the molecule is CC(C)CCn1c(Cn2c(=O)[nH]c3ccccc32)nc2cc(-c3ncon3)ccc21. The first-order valence-electron chi connectivity index (χ1n) is 10.0. The molecule has 0 saturated carbocycles. The molecule has 0 amide bonds. The number of fused-ring (bicyclic) bond motifs is 2. The lowest BCUT2D eigenvalue weighted by Crippen LogP contribution is -2.20. The van der Waals surface area contributed by atoms with E-state index in [9.17, 15) is 4.79 Å². The Balaban J connectivity index is 1.62. The van der Waals surface area contributed by atoms with Gasteiger partial charge in [0.2, 0.25) is 12.2 Å². The molecule has 0 aliphatic carbocycles. The summed E-state index contributed by atoms with van der Waals surface area (Å²) in [6.45, 7) is 5.64. The third kappa shape index (κ3) is 3.20. The second kappa shape index (κ2) is 7.29. The number of nitrogens with zero attached hydrogens (tertiary/aromatic N) is 5. The van der Waals surface area contributed by atoms with Gasteiger partial charge in [-0.15, -0.1) is 0 Å². The van der Waals surface area contributed by atoms with Crippen molar-refractivity contribution >= 4 is 22.1 Å². The van der Waals surface area contributed by atoms with Crippen molar-refractivity contribution in [1.29, 1.82) is 0 Å². The van der Waals surface area contributed by atoms with Crippen LogP contribution in [0.3, 0.4) is 0 Å². The quantitative estimate of drug-likeness (QED) is 0.466. The van der Waals surface area contributed by atoms with Gasteiger partial charge in [-0.2, -0.15) is 4.98 Å². The Labute approximate surface area is 172 Å². The first kappa shape index (κ1) is 18.4. The lowest BCUT2D eigenvalue weighted by atomic mass is 10.1. The molecule has 8 nitrogen and oxygen atoms in total. The van der Waals surface area contributed by atoms with Crippen LogP contribution in [0.15, 0.2) is 58.2 Å². The highest BCUT2D eigenvalue weighted by Crippen LogP contribution is 2.24. The molecular weight excluding hydrogens is 380 g/mol. The van der Waals surface area contributed by atoms with Crippen molar-refractivity contribution in [3.05, 3.63) is 65.2 Å². The number of aromatic nitrogens is 6. The summed E-state index contributed by atoms with van der Waals surface area (Å²) in [6.07, 6.45) is 2.34. The second-order valence-corrected chi connectivity index (χ2v) is 7.85. The number of H-pyrrole nitrogens is 1. The summed E-state index contributed by atoms with van der Waals surface area (Å²) in [4.78, 5) is 24.5. The van der Waals surface area contributed by atoms with Gasteiger partial charge in [-0.05, 0) is 42.7 Å². The Morgan fingerprint density at radius 1 is 1.10 bits per heavy atom. The van der Waals surface area contributed by atoms with Crippen LogP contribution in [0.4, 0.5) is 0 Å². The van der Waals surface area contributed by atoms with Crippen molar-refractivity contribution in [1.82, 2.24) is 29.2 Å². The molecule has 0 saturated heterocycles. The first-order chi connectivity index (χ1) is 14.6. The summed E-state index contributed by atoms with van der Waals surface area (Å²) >= 11 is 0. The Morgan fingerprint density at radius 2 is 1.97 bits per heavy atom. The number of imidazole rings is 2. The molecule has 0 fully saturated rings. The predicted octanol–water partition coefficient (Wildman–Crippen LogP) is 3.82. The number of hydrogen-bond donors (Lipinski definition) is 1. The average Bonchev–Trinajstić information content (AvgIpc) is 3.44. The maximum Gasteiger partial charge on any atom is 0.326 e.